The first-order valence-corrected chi connectivity index (χ1v) is 4.45. The molecule has 0 aliphatic carbocycles. The van der Waals surface area contributed by atoms with Gasteiger partial charge < -0.3 is 0 Å². The van der Waals surface area contributed by atoms with E-state index in [-0.39, 0.29) is 17.7 Å². The molecule has 2 heterocycles. The van der Waals surface area contributed by atoms with Crippen LogP contribution in [0.2, 0.25) is 0 Å². The Labute approximate surface area is 87.6 Å². The van der Waals surface area contributed by atoms with E-state index in [4.69, 9.17) is 6.57 Å². The SMILES string of the molecule is [C-]#[N+]n1c(=O)c2[nH]c(=O)[nH]c2n(CC)c1=O. The van der Waals surface area contributed by atoms with Gasteiger partial charge in [-0.25, -0.2) is 9.59 Å². The highest BCUT2D eigenvalue weighted by Gasteiger charge is 2.17. The Kier molecular flexibility index (Phi) is 2.02. The molecule has 0 unspecified atom stereocenters. The number of hydrogen-bond donors (Lipinski definition) is 2. The second kappa shape index (κ2) is 3.23. The van der Waals surface area contributed by atoms with Crippen LogP contribution in [-0.4, -0.2) is 19.2 Å². The Morgan fingerprint density at radius 3 is 2.56 bits per heavy atom. The topological polar surface area (TPSA) is 97.0 Å². The van der Waals surface area contributed by atoms with E-state index in [1.807, 2.05) is 0 Å². The van der Waals surface area contributed by atoms with Crippen molar-refractivity contribution in [3.05, 3.63) is 42.8 Å². The molecule has 2 rings (SSSR count). The average molecular weight is 221 g/mol. The molecule has 0 aliphatic heterocycles. The van der Waals surface area contributed by atoms with E-state index in [0.717, 1.165) is 4.57 Å². The van der Waals surface area contributed by atoms with Crippen molar-refractivity contribution in [1.82, 2.24) is 19.2 Å². The lowest BCUT2D eigenvalue weighted by atomic mass is 10.5. The number of fused-ring (bicyclic) bond motifs is 1. The summed E-state index contributed by atoms with van der Waals surface area (Å²) < 4.78 is 1.53. The van der Waals surface area contributed by atoms with Crippen molar-refractivity contribution >= 4 is 11.2 Å². The zero-order valence-electron chi connectivity index (χ0n) is 8.27. The standard InChI is InChI=1S/C8H7N5O3/c1-3-12-5-4(10-7(15)11-5)6(14)13(9-2)8(12)16/h3H2,1H3,(H2,10,11,15). The first kappa shape index (κ1) is 9.97. The number of hydrogen-bond acceptors (Lipinski definition) is 3. The molecule has 0 aromatic carbocycles. The fourth-order valence-electron chi connectivity index (χ4n) is 1.52. The number of aryl methyl sites for hydroxylation is 1. The Hall–Kier alpha value is -2.56. The summed E-state index contributed by atoms with van der Waals surface area (Å²) in [4.78, 5) is 41.8. The molecule has 0 aliphatic rings. The molecule has 2 aromatic rings. The minimum atomic E-state index is -0.821. The van der Waals surface area contributed by atoms with E-state index in [0.29, 0.717) is 4.68 Å². The molecule has 16 heavy (non-hydrogen) atoms. The molecule has 0 atom stereocenters. The van der Waals surface area contributed by atoms with Crippen LogP contribution in [0.4, 0.5) is 0 Å². The monoisotopic (exact) mass is 221 g/mol. The summed E-state index contributed by atoms with van der Waals surface area (Å²) in [6, 6.07) is 0. The first-order chi connectivity index (χ1) is 7.60. The van der Waals surface area contributed by atoms with E-state index in [1.54, 1.807) is 6.92 Å². The molecule has 82 valence electrons. The van der Waals surface area contributed by atoms with Gasteiger partial charge in [0.2, 0.25) is 0 Å². The van der Waals surface area contributed by atoms with Gasteiger partial charge in [0.1, 0.15) is 5.65 Å². The quantitative estimate of drug-likeness (QED) is 0.597. The third-order valence-electron chi connectivity index (χ3n) is 2.21. The number of nitrogens with one attached hydrogen (secondary N) is 2. The third kappa shape index (κ3) is 1.12. The smallest absolute Gasteiger partial charge is 0.300 e. The lowest BCUT2D eigenvalue weighted by molar-refractivity contribution is 0.683. The summed E-state index contributed by atoms with van der Waals surface area (Å²) >= 11 is 0. The highest BCUT2D eigenvalue weighted by molar-refractivity contribution is 5.68. The Balaban J connectivity index is 3.20. The number of nitrogens with zero attached hydrogens (tertiary/aromatic N) is 3. The van der Waals surface area contributed by atoms with Crippen molar-refractivity contribution in [2.45, 2.75) is 13.5 Å². The summed E-state index contributed by atoms with van der Waals surface area (Å²) in [7, 11) is 0. The van der Waals surface area contributed by atoms with E-state index in [1.165, 1.54) is 0 Å². The number of H-pyrrole nitrogens is 2. The minimum Gasteiger partial charge on any atom is -0.300 e. The van der Waals surface area contributed by atoms with Gasteiger partial charge in [0, 0.05) is 6.54 Å². The predicted molar refractivity (Wildman–Crippen MR) is 55.1 cm³/mol. The number of aromatic amines is 2. The van der Waals surface area contributed by atoms with Gasteiger partial charge in [0.05, 0.1) is 4.68 Å². The number of aromatic nitrogens is 4. The second-order valence-electron chi connectivity index (χ2n) is 3.05. The van der Waals surface area contributed by atoms with Crippen LogP contribution in [0.1, 0.15) is 6.92 Å². The summed E-state index contributed by atoms with van der Waals surface area (Å²) in [5, 5.41) is 0. The Morgan fingerprint density at radius 1 is 1.31 bits per heavy atom. The highest BCUT2D eigenvalue weighted by Crippen LogP contribution is 1.97. The summed E-state index contributed by atoms with van der Waals surface area (Å²) in [6.45, 7) is 8.67. The molecule has 0 saturated heterocycles. The molecule has 0 fully saturated rings. The maximum Gasteiger partial charge on any atom is 0.401 e. The van der Waals surface area contributed by atoms with Gasteiger partial charge in [-0.05, 0) is 6.92 Å². The maximum absolute atomic E-state index is 11.7. The van der Waals surface area contributed by atoms with E-state index >= 15 is 0 Å². The van der Waals surface area contributed by atoms with Gasteiger partial charge in [0.25, 0.3) is 0 Å². The molecule has 0 radical (unpaired) electrons. The van der Waals surface area contributed by atoms with Crippen LogP contribution in [0.25, 0.3) is 16.1 Å². The van der Waals surface area contributed by atoms with Crippen LogP contribution in [0, 0.1) is 6.57 Å². The van der Waals surface area contributed by atoms with Gasteiger partial charge in [-0.3, -0.25) is 19.3 Å². The van der Waals surface area contributed by atoms with Gasteiger partial charge in [-0.1, -0.05) is 0 Å². The molecule has 2 N–H and O–H groups in total. The van der Waals surface area contributed by atoms with Crippen LogP contribution >= 0.6 is 0 Å². The van der Waals surface area contributed by atoms with E-state index in [9.17, 15) is 14.4 Å². The summed E-state index contributed by atoms with van der Waals surface area (Å²) in [5.41, 5.74) is -2.12. The second-order valence-corrected chi connectivity index (χ2v) is 3.05. The van der Waals surface area contributed by atoms with Crippen LogP contribution in [0.3, 0.4) is 0 Å². The lowest BCUT2D eigenvalue weighted by Gasteiger charge is -2.00. The number of rotatable bonds is 1. The van der Waals surface area contributed by atoms with Crippen molar-refractivity contribution in [3.63, 3.8) is 0 Å². The normalized spacial score (nSPS) is 10.5. The van der Waals surface area contributed by atoms with Gasteiger partial charge in [-0.15, -0.1) is 4.95 Å². The third-order valence-corrected chi connectivity index (χ3v) is 2.21. The Bertz CT molecular complexity index is 766. The van der Waals surface area contributed by atoms with Crippen molar-refractivity contribution in [3.8, 4) is 0 Å². The molecule has 8 heteroatoms. The molecule has 8 nitrogen and oxygen atoms in total. The molecule has 0 bridgehead atoms. The van der Waals surface area contributed by atoms with Gasteiger partial charge in [-0.2, -0.15) is 6.57 Å². The molecule has 0 amide bonds. The zero-order valence-corrected chi connectivity index (χ0v) is 8.27. The first-order valence-electron chi connectivity index (χ1n) is 4.45. The zero-order chi connectivity index (χ0) is 11.9. The fourth-order valence-corrected chi connectivity index (χ4v) is 1.52. The summed E-state index contributed by atoms with van der Waals surface area (Å²) in [5.74, 6) is 0. The minimum absolute atomic E-state index is 0.0672. The van der Waals surface area contributed by atoms with Crippen molar-refractivity contribution in [1.29, 1.82) is 0 Å². The average Bonchev–Trinajstić information content (AvgIpc) is 2.62. The maximum atomic E-state index is 11.7. The van der Waals surface area contributed by atoms with Gasteiger partial charge >= 0.3 is 16.9 Å². The van der Waals surface area contributed by atoms with Crippen molar-refractivity contribution < 1.29 is 0 Å². The highest BCUT2D eigenvalue weighted by atomic mass is 16.2. The largest absolute Gasteiger partial charge is 0.401 e. The molecule has 0 saturated carbocycles. The van der Waals surface area contributed by atoms with Crippen molar-refractivity contribution in [2.24, 2.45) is 0 Å². The van der Waals surface area contributed by atoms with E-state index in [2.05, 4.69) is 14.9 Å². The van der Waals surface area contributed by atoms with Crippen molar-refractivity contribution in [2.75, 3.05) is 0 Å². The fraction of sp³-hybridized carbons (Fsp3) is 0.250. The number of imidazole rings is 1. The lowest BCUT2D eigenvalue weighted by Crippen LogP contribution is -2.36. The van der Waals surface area contributed by atoms with Gasteiger partial charge in [0.15, 0.2) is 5.52 Å². The molecule has 2 aromatic heterocycles. The Morgan fingerprint density at radius 2 is 2.00 bits per heavy atom. The molecule has 0 spiro atoms. The van der Waals surface area contributed by atoms with Crippen LogP contribution in [0.15, 0.2) is 14.4 Å². The molecular weight excluding hydrogens is 214 g/mol. The van der Waals surface area contributed by atoms with Crippen LogP contribution < -0.4 is 16.9 Å². The molecular formula is C8H7N5O3. The predicted octanol–water partition coefficient (Wildman–Crippen LogP) is -1.12. The van der Waals surface area contributed by atoms with E-state index < -0.39 is 16.9 Å². The summed E-state index contributed by atoms with van der Waals surface area (Å²) in [6.07, 6.45) is 0. The van der Waals surface area contributed by atoms with Crippen LogP contribution in [-0.2, 0) is 6.54 Å². The van der Waals surface area contributed by atoms with Crippen LogP contribution in [0.5, 0.6) is 0 Å².